The fourth-order valence-electron chi connectivity index (χ4n) is 3.36. The zero-order valence-electron chi connectivity index (χ0n) is 13.8. The van der Waals surface area contributed by atoms with Crippen LogP contribution in [-0.2, 0) is 4.74 Å². The number of carbonyl (C=O) groups excluding carboxylic acids is 1. The molecule has 0 saturated carbocycles. The summed E-state index contributed by atoms with van der Waals surface area (Å²) in [4.78, 5) is 12.1. The summed E-state index contributed by atoms with van der Waals surface area (Å²) < 4.78 is 18.7. The minimum atomic E-state index is -0.804. The van der Waals surface area contributed by atoms with Gasteiger partial charge in [-0.2, -0.15) is 0 Å². The highest BCUT2D eigenvalue weighted by Gasteiger charge is 2.29. The Kier molecular flexibility index (Phi) is 4.05. The number of halogens is 1. The fraction of sp³-hybridized carbons (Fsp3) is 0.0952. The number of phenols is 1. The van der Waals surface area contributed by atoms with E-state index in [1.807, 2.05) is 36.4 Å². The number of amides is 1. The van der Waals surface area contributed by atoms with Gasteiger partial charge >= 0.3 is 6.09 Å². The van der Waals surface area contributed by atoms with Crippen LogP contribution in [0, 0.1) is 5.82 Å². The van der Waals surface area contributed by atoms with Crippen molar-refractivity contribution in [1.29, 1.82) is 0 Å². The first-order chi connectivity index (χ1) is 12.6. The summed E-state index contributed by atoms with van der Waals surface area (Å²) >= 11 is 0. The molecule has 0 bridgehead atoms. The Morgan fingerprint density at radius 1 is 0.962 bits per heavy atom. The van der Waals surface area contributed by atoms with E-state index in [4.69, 9.17) is 4.74 Å². The number of fused-ring (bicyclic) bond motifs is 3. The van der Waals surface area contributed by atoms with E-state index in [1.54, 1.807) is 0 Å². The third-order valence-electron chi connectivity index (χ3n) is 4.57. The molecule has 5 heteroatoms. The number of nitrogens with one attached hydrogen (secondary N) is 1. The largest absolute Gasteiger partial charge is 0.503 e. The number of hydrogen-bond acceptors (Lipinski definition) is 3. The summed E-state index contributed by atoms with van der Waals surface area (Å²) in [5.74, 6) is -1.48. The van der Waals surface area contributed by atoms with E-state index in [0.717, 1.165) is 28.3 Å². The molecular formula is C21H16FNO3. The van der Waals surface area contributed by atoms with Crippen molar-refractivity contribution in [2.75, 3.05) is 11.9 Å². The van der Waals surface area contributed by atoms with E-state index in [2.05, 4.69) is 17.4 Å². The summed E-state index contributed by atoms with van der Waals surface area (Å²) in [6.45, 7) is 0.149. The lowest BCUT2D eigenvalue weighted by molar-refractivity contribution is 0.158. The molecule has 2 N–H and O–H groups in total. The lowest BCUT2D eigenvalue weighted by Gasteiger charge is -2.15. The average molecular weight is 349 g/mol. The van der Waals surface area contributed by atoms with E-state index >= 15 is 0 Å². The van der Waals surface area contributed by atoms with Crippen LogP contribution in [0.4, 0.5) is 14.9 Å². The SMILES string of the molecule is O=C(Nc1cccc(F)c1O)OCC1c2ccccc2-c2ccccc21. The molecule has 26 heavy (non-hydrogen) atoms. The predicted molar refractivity (Wildman–Crippen MR) is 96.8 cm³/mol. The molecule has 0 saturated heterocycles. The number of anilines is 1. The van der Waals surface area contributed by atoms with Crippen molar-refractivity contribution in [2.24, 2.45) is 0 Å². The number of hydrogen-bond donors (Lipinski definition) is 2. The van der Waals surface area contributed by atoms with Crippen molar-refractivity contribution in [2.45, 2.75) is 5.92 Å². The van der Waals surface area contributed by atoms with E-state index in [1.165, 1.54) is 12.1 Å². The second-order valence-corrected chi connectivity index (χ2v) is 6.09. The van der Waals surface area contributed by atoms with Crippen molar-refractivity contribution in [1.82, 2.24) is 0 Å². The molecule has 0 aromatic heterocycles. The molecule has 0 aliphatic heterocycles. The van der Waals surface area contributed by atoms with Crippen LogP contribution in [-0.4, -0.2) is 17.8 Å². The van der Waals surface area contributed by atoms with Crippen molar-refractivity contribution < 1.29 is 19.0 Å². The van der Waals surface area contributed by atoms with Crippen molar-refractivity contribution in [3.05, 3.63) is 83.7 Å². The van der Waals surface area contributed by atoms with Gasteiger partial charge < -0.3 is 9.84 Å². The molecule has 3 aromatic carbocycles. The number of ether oxygens (including phenoxy) is 1. The van der Waals surface area contributed by atoms with E-state index in [9.17, 15) is 14.3 Å². The lowest BCUT2D eigenvalue weighted by Crippen LogP contribution is -2.18. The summed E-state index contributed by atoms with van der Waals surface area (Å²) in [5.41, 5.74) is 4.46. The number of carbonyl (C=O) groups is 1. The Morgan fingerprint density at radius 3 is 2.23 bits per heavy atom. The van der Waals surface area contributed by atoms with Crippen LogP contribution in [0.1, 0.15) is 17.0 Å². The topological polar surface area (TPSA) is 58.6 Å². The second kappa shape index (κ2) is 6.52. The maximum absolute atomic E-state index is 13.3. The first kappa shape index (κ1) is 16.1. The Bertz CT molecular complexity index is 941. The van der Waals surface area contributed by atoms with Crippen molar-refractivity contribution in [3.8, 4) is 16.9 Å². The van der Waals surface area contributed by atoms with Gasteiger partial charge in [0.1, 0.15) is 6.61 Å². The highest BCUT2D eigenvalue weighted by Crippen LogP contribution is 2.44. The third kappa shape index (κ3) is 2.77. The fourth-order valence-corrected chi connectivity index (χ4v) is 3.36. The molecule has 0 unspecified atom stereocenters. The summed E-state index contributed by atoms with van der Waals surface area (Å²) in [5, 5.41) is 12.0. The zero-order valence-corrected chi connectivity index (χ0v) is 13.8. The maximum atomic E-state index is 13.3. The number of para-hydroxylation sites is 1. The van der Waals surface area contributed by atoms with Crippen molar-refractivity contribution in [3.63, 3.8) is 0 Å². The zero-order chi connectivity index (χ0) is 18.1. The number of benzene rings is 3. The van der Waals surface area contributed by atoms with Crippen LogP contribution in [0.3, 0.4) is 0 Å². The van der Waals surface area contributed by atoms with Crippen LogP contribution in [0.5, 0.6) is 5.75 Å². The number of rotatable bonds is 3. The minimum Gasteiger partial charge on any atom is -0.503 e. The summed E-state index contributed by atoms with van der Waals surface area (Å²) in [6.07, 6.45) is -0.743. The Balaban J connectivity index is 1.51. The predicted octanol–water partition coefficient (Wildman–Crippen LogP) is 4.89. The monoisotopic (exact) mass is 349 g/mol. The van der Waals surface area contributed by atoms with Crippen LogP contribution in [0.15, 0.2) is 66.7 Å². The number of phenolic OH excluding ortho intramolecular Hbond substituents is 1. The molecule has 4 nitrogen and oxygen atoms in total. The van der Waals surface area contributed by atoms with Crippen LogP contribution in [0.2, 0.25) is 0 Å². The van der Waals surface area contributed by atoms with Gasteiger partial charge in [0.25, 0.3) is 0 Å². The first-order valence-corrected chi connectivity index (χ1v) is 8.24. The smallest absolute Gasteiger partial charge is 0.411 e. The molecule has 1 aliphatic rings. The van der Waals surface area contributed by atoms with Crippen molar-refractivity contribution >= 4 is 11.8 Å². The molecule has 0 spiro atoms. The molecule has 3 aromatic rings. The second-order valence-electron chi connectivity index (χ2n) is 6.09. The first-order valence-electron chi connectivity index (χ1n) is 8.24. The van der Waals surface area contributed by atoms with Gasteiger partial charge in [-0.1, -0.05) is 54.6 Å². The standard InChI is InChI=1S/C21H16FNO3/c22-18-10-5-11-19(20(18)24)23-21(25)26-12-17-15-8-3-1-6-13(15)14-7-2-4-9-16(14)17/h1-11,17,24H,12H2,(H,23,25). The van der Waals surface area contributed by atoms with E-state index in [0.29, 0.717) is 0 Å². The Morgan fingerprint density at radius 2 is 1.58 bits per heavy atom. The molecular weight excluding hydrogens is 333 g/mol. The van der Waals surface area contributed by atoms with Gasteiger partial charge in [-0.25, -0.2) is 9.18 Å². The maximum Gasteiger partial charge on any atom is 0.411 e. The Hall–Kier alpha value is -3.34. The van der Waals surface area contributed by atoms with Crippen LogP contribution in [0.25, 0.3) is 11.1 Å². The minimum absolute atomic E-state index is 0.0257. The molecule has 0 heterocycles. The van der Waals surface area contributed by atoms with Gasteiger partial charge in [0.15, 0.2) is 11.6 Å². The summed E-state index contributed by atoms with van der Waals surface area (Å²) in [6, 6.07) is 20.0. The molecule has 0 atom stereocenters. The van der Waals surface area contributed by atoms with Gasteiger partial charge in [-0.3, -0.25) is 5.32 Å². The van der Waals surface area contributed by atoms with Gasteiger partial charge in [-0.15, -0.1) is 0 Å². The average Bonchev–Trinajstić information content (AvgIpc) is 2.98. The molecule has 130 valence electrons. The molecule has 0 radical (unpaired) electrons. The molecule has 1 aliphatic carbocycles. The number of aromatic hydroxyl groups is 1. The molecule has 1 amide bonds. The summed E-state index contributed by atoms with van der Waals surface area (Å²) in [7, 11) is 0. The van der Waals surface area contributed by atoms with E-state index < -0.39 is 17.7 Å². The van der Waals surface area contributed by atoms with Gasteiger partial charge in [0.05, 0.1) is 5.69 Å². The molecule has 0 fully saturated rings. The van der Waals surface area contributed by atoms with E-state index in [-0.39, 0.29) is 18.2 Å². The highest BCUT2D eigenvalue weighted by atomic mass is 19.1. The normalized spacial score (nSPS) is 12.3. The third-order valence-corrected chi connectivity index (χ3v) is 4.57. The van der Waals surface area contributed by atoms with Crippen LogP contribution < -0.4 is 5.32 Å². The Labute approximate surface area is 149 Å². The van der Waals surface area contributed by atoms with Gasteiger partial charge in [0.2, 0.25) is 0 Å². The van der Waals surface area contributed by atoms with Gasteiger partial charge in [0, 0.05) is 5.92 Å². The van der Waals surface area contributed by atoms with Crippen LogP contribution >= 0.6 is 0 Å². The highest BCUT2D eigenvalue weighted by molar-refractivity contribution is 5.87. The molecule has 4 rings (SSSR count). The van der Waals surface area contributed by atoms with Gasteiger partial charge in [-0.05, 0) is 34.4 Å². The lowest BCUT2D eigenvalue weighted by atomic mass is 9.98. The quantitative estimate of drug-likeness (QED) is 0.662.